The van der Waals surface area contributed by atoms with Crippen LogP contribution >= 0.6 is 0 Å². The lowest BCUT2D eigenvalue weighted by Gasteiger charge is -2.35. The maximum absolute atomic E-state index is 13.6. The summed E-state index contributed by atoms with van der Waals surface area (Å²) >= 11 is 0. The van der Waals surface area contributed by atoms with Gasteiger partial charge in [-0.25, -0.2) is 9.59 Å². The number of carbonyl (C=O) groups excluding carboxylic acids is 3. The van der Waals surface area contributed by atoms with Crippen molar-refractivity contribution in [2.24, 2.45) is 0 Å². The summed E-state index contributed by atoms with van der Waals surface area (Å²) in [5.74, 6) is 1.91. The van der Waals surface area contributed by atoms with Gasteiger partial charge >= 0.3 is 12.1 Å². The van der Waals surface area contributed by atoms with Gasteiger partial charge < -0.3 is 24.2 Å². The molecule has 5 rings (SSSR count). The molecule has 3 aliphatic heterocycles. The van der Waals surface area contributed by atoms with Gasteiger partial charge in [0.05, 0.1) is 12.1 Å². The number of likely N-dealkylation sites (tertiary alicyclic amines) is 1. The molecule has 2 aromatic carbocycles. The highest BCUT2D eigenvalue weighted by Crippen LogP contribution is 2.43. The van der Waals surface area contributed by atoms with Crippen molar-refractivity contribution >= 4 is 23.7 Å². The number of terminal acetylenes is 1. The summed E-state index contributed by atoms with van der Waals surface area (Å²) in [4.78, 5) is 43.6. The van der Waals surface area contributed by atoms with E-state index in [2.05, 4.69) is 10.8 Å². The highest BCUT2D eigenvalue weighted by atomic mass is 16.6. The molecule has 3 aliphatic rings. The number of amides is 2. The Morgan fingerprint density at radius 2 is 1.86 bits per heavy atom. The molecule has 3 heterocycles. The molecule has 8 nitrogen and oxygen atoms in total. The minimum absolute atomic E-state index is 0.0367. The van der Waals surface area contributed by atoms with Gasteiger partial charge in [0.25, 0.3) is 5.91 Å². The van der Waals surface area contributed by atoms with E-state index in [1.807, 2.05) is 43.3 Å². The van der Waals surface area contributed by atoms with Crippen LogP contribution in [0.5, 0.6) is 0 Å². The Labute approximate surface area is 204 Å². The lowest BCUT2D eigenvalue weighted by atomic mass is 9.91. The van der Waals surface area contributed by atoms with E-state index in [9.17, 15) is 14.4 Å². The van der Waals surface area contributed by atoms with Gasteiger partial charge in [0.15, 0.2) is 12.2 Å². The third-order valence-corrected chi connectivity index (χ3v) is 7.08. The number of rotatable bonds is 3. The standard InChI is InChI=1S/C27H27N3O5/c1-3-16-34-26(33)29-14-12-28(13-15-29)20-9-8-19(2)22(17-20)24(31)30-11-10-27(18-30)23-7-5-4-6-21(23)25(32)35-27/h1,4-9,17H,10-16,18H2,2H3/t27-/m0/s1. The van der Waals surface area contributed by atoms with E-state index in [1.165, 1.54) is 0 Å². The molecule has 0 aliphatic carbocycles. The second-order valence-corrected chi connectivity index (χ2v) is 9.14. The Hall–Kier alpha value is -3.99. The van der Waals surface area contributed by atoms with Gasteiger partial charge in [-0.2, -0.15) is 0 Å². The highest BCUT2D eigenvalue weighted by Gasteiger charge is 2.51. The lowest BCUT2D eigenvalue weighted by Crippen LogP contribution is -2.49. The number of carbonyl (C=O) groups is 3. The average Bonchev–Trinajstić information content (AvgIpc) is 3.43. The van der Waals surface area contributed by atoms with Gasteiger partial charge in [0.1, 0.15) is 0 Å². The van der Waals surface area contributed by atoms with Crippen molar-refractivity contribution < 1.29 is 23.9 Å². The van der Waals surface area contributed by atoms with Crippen molar-refractivity contribution in [3.63, 3.8) is 0 Å². The van der Waals surface area contributed by atoms with Crippen LogP contribution in [0.2, 0.25) is 0 Å². The summed E-state index contributed by atoms with van der Waals surface area (Å²) in [6.07, 6.45) is 5.33. The molecule has 0 N–H and O–H groups in total. The van der Waals surface area contributed by atoms with Crippen LogP contribution in [0.15, 0.2) is 42.5 Å². The molecule has 2 aromatic rings. The smallest absolute Gasteiger partial charge is 0.410 e. The summed E-state index contributed by atoms with van der Waals surface area (Å²) in [5.41, 5.74) is 3.14. The molecule has 0 saturated carbocycles. The van der Waals surface area contributed by atoms with Crippen molar-refractivity contribution in [2.75, 3.05) is 50.8 Å². The molecule has 0 bridgehead atoms. The molecule has 2 amide bonds. The number of aryl methyl sites for hydroxylation is 1. The zero-order valence-electron chi connectivity index (χ0n) is 19.7. The zero-order valence-corrected chi connectivity index (χ0v) is 19.7. The van der Waals surface area contributed by atoms with Crippen LogP contribution in [0, 0.1) is 19.3 Å². The van der Waals surface area contributed by atoms with Gasteiger partial charge in [-0.05, 0) is 30.7 Å². The summed E-state index contributed by atoms with van der Waals surface area (Å²) < 4.78 is 10.8. The number of fused-ring (bicyclic) bond motifs is 2. The second kappa shape index (κ2) is 8.99. The number of benzene rings is 2. The van der Waals surface area contributed by atoms with Crippen molar-refractivity contribution in [1.82, 2.24) is 9.80 Å². The van der Waals surface area contributed by atoms with E-state index in [0.717, 1.165) is 16.8 Å². The van der Waals surface area contributed by atoms with Crippen LogP contribution in [0.25, 0.3) is 0 Å². The minimum Gasteiger partial charge on any atom is -0.449 e. The van der Waals surface area contributed by atoms with Crippen LogP contribution < -0.4 is 4.90 Å². The number of ether oxygens (including phenoxy) is 2. The van der Waals surface area contributed by atoms with Gasteiger partial charge in [-0.3, -0.25) is 4.79 Å². The van der Waals surface area contributed by atoms with E-state index in [0.29, 0.717) is 56.8 Å². The molecule has 0 radical (unpaired) electrons. The first-order valence-corrected chi connectivity index (χ1v) is 11.7. The second-order valence-electron chi connectivity index (χ2n) is 9.14. The number of hydrogen-bond acceptors (Lipinski definition) is 6. The molecular formula is C27H27N3O5. The predicted octanol–water partition coefficient (Wildman–Crippen LogP) is 2.80. The molecule has 180 valence electrons. The molecule has 2 fully saturated rings. The number of nitrogens with zero attached hydrogens (tertiary/aromatic N) is 3. The highest BCUT2D eigenvalue weighted by molar-refractivity contribution is 5.98. The minimum atomic E-state index is -0.765. The number of hydrogen-bond donors (Lipinski definition) is 0. The summed E-state index contributed by atoms with van der Waals surface area (Å²) in [6.45, 7) is 5.03. The molecule has 0 aromatic heterocycles. The number of anilines is 1. The van der Waals surface area contributed by atoms with E-state index < -0.39 is 11.7 Å². The summed E-state index contributed by atoms with van der Waals surface area (Å²) in [5, 5.41) is 0. The maximum Gasteiger partial charge on any atom is 0.410 e. The fourth-order valence-corrected chi connectivity index (χ4v) is 5.15. The van der Waals surface area contributed by atoms with E-state index in [1.54, 1.807) is 15.9 Å². The Morgan fingerprint density at radius 3 is 2.63 bits per heavy atom. The van der Waals surface area contributed by atoms with E-state index in [4.69, 9.17) is 15.9 Å². The molecular weight excluding hydrogens is 446 g/mol. The first-order chi connectivity index (χ1) is 16.9. The van der Waals surface area contributed by atoms with Gasteiger partial charge in [0.2, 0.25) is 0 Å². The Balaban J connectivity index is 1.29. The monoisotopic (exact) mass is 473 g/mol. The van der Waals surface area contributed by atoms with E-state index in [-0.39, 0.29) is 18.5 Å². The van der Waals surface area contributed by atoms with Gasteiger partial charge in [-0.15, -0.1) is 6.42 Å². The molecule has 8 heteroatoms. The third-order valence-electron chi connectivity index (χ3n) is 7.08. The zero-order chi connectivity index (χ0) is 24.6. The fourth-order valence-electron chi connectivity index (χ4n) is 5.15. The van der Waals surface area contributed by atoms with Crippen LogP contribution in [0.1, 0.15) is 38.3 Å². The average molecular weight is 474 g/mol. The first-order valence-electron chi connectivity index (χ1n) is 11.7. The molecule has 0 unspecified atom stereocenters. The van der Waals surface area contributed by atoms with Gasteiger partial charge in [0, 0.05) is 56.0 Å². The fraction of sp³-hybridized carbons (Fsp3) is 0.370. The molecule has 2 saturated heterocycles. The number of piperazine rings is 1. The van der Waals surface area contributed by atoms with Crippen LogP contribution in [-0.2, 0) is 15.1 Å². The quantitative estimate of drug-likeness (QED) is 0.504. The van der Waals surface area contributed by atoms with Crippen molar-refractivity contribution in [2.45, 2.75) is 18.9 Å². The number of esters is 1. The normalized spacial score (nSPS) is 21.0. The van der Waals surface area contributed by atoms with Crippen LogP contribution in [0.4, 0.5) is 10.5 Å². The molecule has 1 atom stereocenters. The molecule has 1 spiro atoms. The molecule has 35 heavy (non-hydrogen) atoms. The first kappa shape index (κ1) is 22.8. The summed E-state index contributed by atoms with van der Waals surface area (Å²) in [6, 6.07) is 13.3. The Bertz CT molecular complexity index is 1230. The van der Waals surface area contributed by atoms with Crippen molar-refractivity contribution in [3.8, 4) is 12.3 Å². The van der Waals surface area contributed by atoms with Crippen LogP contribution in [0.3, 0.4) is 0 Å². The predicted molar refractivity (Wildman–Crippen MR) is 129 cm³/mol. The van der Waals surface area contributed by atoms with Crippen LogP contribution in [-0.4, -0.2) is 73.6 Å². The van der Waals surface area contributed by atoms with Crippen molar-refractivity contribution in [3.05, 3.63) is 64.7 Å². The lowest BCUT2D eigenvalue weighted by molar-refractivity contribution is -0.00307. The Morgan fingerprint density at radius 1 is 1.09 bits per heavy atom. The Kier molecular flexibility index (Phi) is 5.85. The largest absolute Gasteiger partial charge is 0.449 e. The third kappa shape index (κ3) is 4.08. The van der Waals surface area contributed by atoms with Gasteiger partial charge in [-0.1, -0.05) is 30.2 Å². The maximum atomic E-state index is 13.6. The summed E-state index contributed by atoms with van der Waals surface area (Å²) in [7, 11) is 0. The topological polar surface area (TPSA) is 79.4 Å². The van der Waals surface area contributed by atoms with E-state index >= 15 is 0 Å². The van der Waals surface area contributed by atoms with Crippen molar-refractivity contribution in [1.29, 1.82) is 0 Å². The SMILES string of the molecule is C#CCOC(=O)N1CCN(c2ccc(C)c(C(=O)N3CC[C@@]4(C3)OC(=O)c3ccccc34)c2)CC1.